The molecular weight excluding hydrogens is 275 g/mol. The Morgan fingerprint density at radius 2 is 1.68 bits per heavy atom. The van der Waals surface area contributed by atoms with Gasteiger partial charge in [0, 0.05) is 28.8 Å². The Bertz CT molecular complexity index is 1040. The third kappa shape index (κ3) is 1.42. The van der Waals surface area contributed by atoms with Gasteiger partial charge in [0.25, 0.3) is 0 Å². The lowest BCUT2D eigenvalue weighted by Crippen LogP contribution is -2.20. The second kappa shape index (κ2) is 3.99. The molecule has 2 aliphatic rings. The van der Waals surface area contributed by atoms with Crippen LogP contribution < -0.4 is 5.22 Å². The van der Waals surface area contributed by atoms with Crippen LogP contribution >= 0.6 is 0 Å². The number of hydrogen-bond donors (Lipinski definition) is 1. The number of rotatable bonds is 0. The largest absolute Gasteiger partial charge is 0.371 e. The van der Waals surface area contributed by atoms with Crippen molar-refractivity contribution < 1.29 is 9.50 Å². The number of aliphatic hydroxyl groups excluding tert-OH is 1. The maximum Gasteiger partial charge on any atom is 0.195 e. The highest BCUT2D eigenvalue weighted by Gasteiger charge is 2.35. The van der Waals surface area contributed by atoms with E-state index in [0.717, 1.165) is 21.7 Å². The Hall–Kier alpha value is -2.58. The van der Waals surface area contributed by atoms with Crippen molar-refractivity contribution in [2.45, 2.75) is 6.10 Å². The lowest BCUT2D eigenvalue weighted by Gasteiger charge is -2.20. The van der Waals surface area contributed by atoms with Gasteiger partial charge in [0.05, 0.1) is 22.4 Å². The molecule has 3 aromatic rings. The average Bonchev–Trinajstić information content (AvgIpc) is 2.52. The third-order valence-corrected chi connectivity index (χ3v) is 4.60. The number of allylic oxidation sites excluding steroid dienone is 2. The molecule has 0 saturated heterocycles. The highest BCUT2D eigenvalue weighted by Crippen LogP contribution is 2.43. The summed E-state index contributed by atoms with van der Waals surface area (Å²) in [5.74, 6) is 0.215. The van der Waals surface area contributed by atoms with E-state index in [2.05, 4.69) is 30.3 Å². The van der Waals surface area contributed by atoms with E-state index in [0.29, 0.717) is 5.92 Å². The molecule has 0 aromatic heterocycles. The quantitative estimate of drug-likeness (QED) is 0.625. The molecule has 0 aliphatic heterocycles. The molecule has 1 N–H and O–H groups in total. The van der Waals surface area contributed by atoms with Crippen LogP contribution in [0.4, 0.5) is 4.39 Å². The lowest BCUT2D eigenvalue weighted by atomic mass is 9.78. The fourth-order valence-corrected chi connectivity index (χ4v) is 3.67. The monoisotopic (exact) mass is 287 g/mol. The van der Waals surface area contributed by atoms with Gasteiger partial charge in [0.1, 0.15) is 6.10 Å². The molecule has 3 aromatic carbocycles. The molecule has 0 spiro atoms. The van der Waals surface area contributed by atoms with Crippen LogP contribution in [0.25, 0.3) is 33.2 Å². The van der Waals surface area contributed by atoms with Gasteiger partial charge in [-0.1, -0.05) is 18.2 Å². The van der Waals surface area contributed by atoms with E-state index in [4.69, 9.17) is 0 Å². The Morgan fingerprint density at radius 1 is 0.909 bits per heavy atom. The zero-order chi connectivity index (χ0) is 14.8. The number of benzene rings is 3. The first kappa shape index (κ1) is 12.0. The minimum atomic E-state index is -0.869. The molecule has 0 unspecified atom stereocenters. The van der Waals surface area contributed by atoms with Gasteiger partial charge in [0.2, 0.25) is 0 Å². The van der Waals surface area contributed by atoms with Crippen molar-refractivity contribution in [1.82, 2.24) is 0 Å². The SMILES string of the molecule is O[C@H]1C=C(F)[C+]2C=c3ccc4cccc5ccc(c3c54)C2=C1. The van der Waals surface area contributed by atoms with Crippen molar-refractivity contribution in [2.24, 2.45) is 0 Å². The second-order valence-corrected chi connectivity index (χ2v) is 5.87. The van der Waals surface area contributed by atoms with Gasteiger partial charge in [-0.15, -0.1) is 0 Å². The Morgan fingerprint density at radius 3 is 2.50 bits per heavy atom. The van der Waals surface area contributed by atoms with Crippen molar-refractivity contribution >= 4 is 33.2 Å². The number of aliphatic hydroxyl groups is 1. The zero-order valence-corrected chi connectivity index (χ0v) is 11.7. The van der Waals surface area contributed by atoms with Crippen LogP contribution in [-0.4, -0.2) is 11.2 Å². The lowest BCUT2D eigenvalue weighted by molar-refractivity contribution is 0.267. The summed E-state index contributed by atoms with van der Waals surface area (Å²) >= 11 is 0. The summed E-state index contributed by atoms with van der Waals surface area (Å²) in [5.41, 5.74) is 1.79. The fraction of sp³-hybridized carbons (Fsp3) is 0.0500. The van der Waals surface area contributed by atoms with Gasteiger partial charge < -0.3 is 5.11 Å². The van der Waals surface area contributed by atoms with Crippen LogP contribution in [0.5, 0.6) is 0 Å². The van der Waals surface area contributed by atoms with Crippen LogP contribution in [0.2, 0.25) is 0 Å². The van der Waals surface area contributed by atoms with Crippen molar-refractivity contribution in [3.63, 3.8) is 0 Å². The van der Waals surface area contributed by atoms with E-state index in [1.54, 1.807) is 6.08 Å². The fourth-order valence-electron chi connectivity index (χ4n) is 3.67. The first-order valence-electron chi connectivity index (χ1n) is 7.33. The summed E-state index contributed by atoms with van der Waals surface area (Å²) in [4.78, 5) is 0. The van der Waals surface area contributed by atoms with Crippen LogP contribution in [0.15, 0.2) is 60.4 Å². The van der Waals surface area contributed by atoms with Gasteiger partial charge >= 0.3 is 0 Å². The number of hydrogen-bond acceptors (Lipinski definition) is 1. The van der Waals surface area contributed by atoms with Gasteiger partial charge in [-0.2, -0.15) is 4.39 Å². The van der Waals surface area contributed by atoms with E-state index in [9.17, 15) is 9.50 Å². The molecule has 2 aliphatic carbocycles. The summed E-state index contributed by atoms with van der Waals surface area (Å²) < 4.78 is 14.3. The summed E-state index contributed by atoms with van der Waals surface area (Å²) in [6, 6.07) is 14.5. The highest BCUT2D eigenvalue weighted by molar-refractivity contribution is 6.17. The smallest absolute Gasteiger partial charge is 0.195 e. The summed E-state index contributed by atoms with van der Waals surface area (Å²) in [7, 11) is 0. The molecule has 0 fully saturated rings. The first-order chi connectivity index (χ1) is 10.7. The highest BCUT2D eigenvalue weighted by atomic mass is 19.1. The van der Waals surface area contributed by atoms with Crippen LogP contribution in [0.3, 0.4) is 0 Å². The predicted octanol–water partition coefficient (Wildman–Crippen LogP) is 3.69. The molecule has 104 valence electrons. The van der Waals surface area contributed by atoms with Crippen molar-refractivity contribution in [3.8, 4) is 0 Å². The van der Waals surface area contributed by atoms with E-state index >= 15 is 0 Å². The molecule has 22 heavy (non-hydrogen) atoms. The second-order valence-electron chi connectivity index (χ2n) is 5.87. The topological polar surface area (TPSA) is 20.2 Å². The van der Waals surface area contributed by atoms with Crippen LogP contribution in [-0.2, 0) is 0 Å². The van der Waals surface area contributed by atoms with E-state index in [-0.39, 0.29) is 5.83 Å². The molecule has 2 heteroatoms. The van der Waals surface area contributed by atoms with E-state index in [1.807, 2.05) is 18.2 Å². The van der Waals surface area contributed by atoms with Gasteiger partial charge in [-0.05, 0) is 35.0 Å². The van der Waals surface area contributed by atoms with E-state index < -0.39 is 6.10 Å². The zero-order valence-electron chi connectivity index (χ0n) is 11.7. The maximum atomic E-state index is 14.3. The van der Waals surface area contributed by atoms with E-state index in [1.165, 1.54) is 22.2 Å². The standard InChI is InChI=1S/C20H12FO/c21-18-10-14(22)9-16-15-7-6-12-3-1-2-11-4-5-13(8-17(16)18)20(15)19(11)12/h1-10,14,22H/q+1/t14-/m1/s1. The molecule has 0 heterocycles. The summed E-state index contributed by atoms with van der Waals surface area (Å²) in [6.45, 7) is 0. The van der Waals surface area contributed by atoms with Crippen LogP contribution in [0.1, 0.15) is 5.56 Å². The molecule has 1 nitrogen and oxygen atoms in total. The summed E-state index contributed by atoms with van der Waals surface area (Å²) in [6.07, 6.45) is 3.99. The minimum Gasteiger partial charge on any atom is -0.371 e. The van der Waals surface area contributed by atoms with Gasteiger partial charge in [-0.3, -0.25) is 0 Å². The Kier molecular flexibility index (Phi) is 2.18. The normalized spacial score (nSPS) is 19.7. The van der Waals surface area contributed by atoms with Crippen LogP contribution in [0, 0.1) is 5.92 Å². The summed E-state index contributed by atoms with van der Waals surface area (Å²) in [5, 5.41) is 15.6. The molecular formula is C20H12FO+. The average molecular weight is 287 g/mol. The van der Waals surface area contributed by atoms with Gasteiger partial charge in [-0.25, -0.2) is 0 Å². The van der Waals surface area contributed by atoms with Crippen molar-refractivity contribution in [1.29, 1.82) is 0 Å². The third-order valence-electron chi connectivity index (χ3n) is 4.60. The molecule has 1 atom stereocenters. The van der Waals surface area contributed by atoms with Gasteiger partial charge in [0.15, 0.2) is 5.83 Å². The van der Waals surface area contributed by atoms with Crippen molar-refractivity contribution in [3.05, 3.63) is 77.1 Å². The molecule has 0 bridgehead atoms. The molecule has 5 rings (SSSR count). The van der Waals surface area contributed by atoms with Crippen molar-refractivity contribution in [2.75, 3.05) is 0 Å². The Balaban J connectivity index is 2.00. The minimum absolute atomic E-state index is 0.351. The molecule has 0 radical (unpaired) electrons. The molecule has 0 amide bonds. The first-order valence-corrected chi connectivity index (χ1v) is 7.33. The maximum absolute atomic E-state index is 14.3. The predicted molar refractivity (Wildman–Crippen MR) is 87.6 cm³/mol. The number of halogens is 1. The molecule has 0 saturated carbocycles. The Labute approximate surface area is 126 Å². The number of fused-ring (bicyclic) bond motifs is 2.